The highest BCUT2D eigenvalue weighted by molar-refractivity contribution is 6.21. The van der Waals surface area contributed by atoms with Crippen LogP contribution < -0.4 is 9.64 Å². The summed E-state index contributed by atoms with van der Waals surface area (Å²) >= 11 is 6.27. The lowest BCUT2D eigenvalue weighted by Gasteiger charge is -2.31. The van der Waals surface area contributed by atoms with Gasteiger partial charge in [-0.05, 0) is 42.5 Å². The highest BCUT2D eigenvalue weighted by Gasteiger charge is 2.20. The van der Waals surface area contributed by atoms with E-state index >= 15 is 0 Å². The van der Waals surface area contributed by atoms with E-state index in [0.29, 0.717) is 0 Å². The van der Waals surface area contributed by atoms with E-state index in [0.717, 1.165) is 48.3 Å². The van der Waals surface area contributed by atoms with Crippen molar-refractivity contribution in [2.45, 2.75) is 18.2 Å². The van der Waals surface area contributed by atoms with E-state index in [1.807, 2.05) is 24.4 Å². The monoisotopic (exact) mass is 276 g/mol. The van der Waals surface area contributed by atoms with Gasteiger partial charge in [0.2, 0.25) is 0 Å². The second-order valence-electron chi connectivity index (χ2n) is 4.91. The van der Waals surface area contributed by atoms with Gasteiger partial charge in [-0.1, -0.05) is 0 Å². The Balaban J connectivity index is 2.03. The van der Waals surface area contributed by atoms with Gasteiger partial charge in [-0.3, -0.25) is 0 Å². The average molecular weight is 277 g/mol. The quantitative estimate of drug-likeness (QED) is 0.786. The molecule has 0 aliphatic carbocycles. The number of aromatic nitrogens is 1. The van der Waals surface area contributed by atoms with Crippen molar-refractivity contribution in [1.29, 1.82) is 0 Å². The Bertz CT molecular complexity index is 587. The Kier molecular flexibility index (Phi) is 3.47. The van der Waals surface area contributed by atoms with E-state index in [-0.39, 0.29) is 5.38 Å². The maximum absolute atomic E-state index is 6.27. The molecule has 0 N–H and O–H groups in total. The van der Waals surface area contributed by atoms with Crippen LogP contribution in [0.3, 0.4) is 0 Å². The van der Waals surface area contributed by atoms with Gasteiger partial charge in [0.05, 0.1) is 12.5 Å². The van der Waals surface area contributed by atoms with Crippen molar-refractivity contribution < 1.29 is 4.74 Å². The van der Waals surface area contributed by atoms with Crippen LogP contribution in [0.15, 0.2) is 30.5 Å². The number of alkyl halides is 1. The van der Waals surface area contributed by atoms with E-state index in [4.69, 9.17) is 16.3 Å². The largest absolute Gasteiger partial charge is 0.497 e. The van der Waals surface area contributed by atoms with E-state index in [2.05, 4.69) is 16.0 Å². The first-order valence-electron chi connectivity index (χ1n) is 6.59. The van der Waals surface area contributed by atoms with Crippen molar-refractivity contribution in [1.82, 2.24) is 4.98 Å². The summed E-state index contributed by atoms with van der Waals surface area (Å²) in [7, 11) is 1.69. The molecule has 1 fully saturated rings. The van der Waals surface area contributed by atoms with Crippen molar-refractivity contribution in [3.63, 3.8) is 0 Å². The molecule has 1 saturated heterocycles. The Hall–Kier alpha value is -1.48. The van der Waals surface area contributed by atoms with Crippen molar-refractivity contribution in [2.75, 3.05) is 25.1 Å². The molecule has 3 nitrogen and oxygen atoms in total. The third kappa shape index (κ3) is 2.47. The number of pyridine rings is 1. The fourth-order valence-corrected chi connectivity index (χ4v) is 2.96. The van der Waals surface area contributed by atoms with Crippen LogP contribution in [0, 0.1) is 0 Å². The van der Waals surface area contributed by atoms with Crippen LogP contribution >= 0.6 is 11.6 Å². The standard InChI is InChI=1S/C15H17ClN2O/c1-19-13-4-5-14-11(9-13)6-7-17-15(14)18-8-2-3-12(16)10-18/h4-7,9,12H,2-3,8,10H2,1H3. The maximum Gasteiger partial charge on any atom is 0.136 e. The van der Waals surface area contributed by atoms with Gasteiger partial charge in [-0.15, -0.1) is 11.6 Å². The Morgan fingerprint density at radius 1 is 1.37 bits per heavy atom. The van der Waals surface area contributed by atoms with Crippen molar-refractivity contribution in [3.8, 4) is 5.75 Å². The summed E-state index contributed by atoms with van der Waals surface area (Å²) in [5.41, 5.74) is 0. The number of nitrogens with zero attached hydrogens (tertiary/aromatic N) is 2. The number of methoxy groups -OCH3 is 1. The smallest absolute Gasteiger partial charge is 0.136 e. The maximum atomic E-state index is 6.27. The lowest BCUT2D eigenvalue weighted by atomic mass is 10.1. The predicted molar refractivity (Wildman–Crippen MR) is 79.4 cm³/mol. The molecule has 0 radical (unpaired) electrons. The first-order valence-corrected chi connectivity index (χ1v) is 7.03. The zero-order chi connectivity index (χ0) is 13.2. The number of halogens is 1. The summed E-state index contributed by atoms with van der Waals surface area (Å²) in [5, 5.41) is 2.54. The number of piperidine rings is 1. The summed E-state index contributed by atoms with van der Waals surface area (Å²) < 4.78 is 5.27. The molecule has 1 atom stereocenters. The molecule has 19 heavy (non-hydrogen) atoms. The third-order valence-corrected chi connectivity index (χ3v) is 3.97. The molecule has 1 aromatic heterocycles. The molecule has 0 amide bonds. The molecule has 1 aliphatic rings. The van der Waals surface area contributed by atoms with Crippen LogP contribution in [0.2, 0.25) is 0 Å². The van der Waals surface area contributed by atoms with E-state index in [9.17, 15) is 0 Å². The number of ether oxygens (including phenoxy) is 1. The number of fused-ring (bicyclic) bond motifs is 1. The fraction of sp³-hybridized carbons (Fsp3) is 0.400. The number of hydrogen-bond acceptors (Lipinski definition) is 3. The van der Waals surface area contributed by atoms with Crippen molar-refractivity contribution in [3.05, 3.63) is 30.5 Å². The number of hydrogen-bond donors (Lipinski definition) is 0. The summed E-state index contributed by atoms with van der Waals surface area (Å²) in [5.74, 6) is 1.91. The zero-order valence-corrected chi connectivity index (χ0v) is 11.7. The minimum absolute atomic E-state index is 0.226. The van der Waals surface area contributed by atoms with Crippen molar-refractivity contribution >= 4 is 28.2 Å². The van der Waals surface area contributed by atoms with Gasteiger partial charge >= 0.3 is 0 Å². The zero-order valence-electron chi connectivity index (χ0n) is 11.0. The molecular formula is C15H17ClN2O. The number of benzene rings is 1. The van der Waals surface area contributed by atoms with Gasteiger partial charge in [0.1, 0.15) is 11.6 Å². The third-order valence-electron chi connectivity index (χ3n) is 3.61. The van der Waals surface area contributed by atoms with Gasteiger partial charge < -0.3 is 9.64 Å². The summed E-state index contributed by atoms with van der Waals surface area (Å²) in [6, 6.07) is 8.12. The summed E-state index contributed by atoms with van der Waals surface area (Å²) in [6.45, 7) is 1.90. The normalized spacial score (nSPS) is 19.7. The molecule has 2 heterocycles. The Labute approximate surface area is 118 Å². The average Bonchev–Trinajstić information content (AvgIpc) is 2.46. The molecule has 0 spiro atoms. The van der Waals surface area contributed by atoms with Crippen LogP contribution in [0.1, 0.15) is 12.8 Å². The first-order chi connectivity index (χ1) is 9.28. The topological polar surface area (TPSA) is 25.4 Å². The number of rotatable bonds is 2. The van der Waals surface area contributed by atoms with Gasteiger partial charge in [0.25, 0.3) is 0 Å². The van der Waals surface area contributed by atoms with E-state index in [1.54, 1.807) is 7.11 Å². The lowest BCUT2D eigenvalue weighted by Crippen LogP contribution is -2.36. The van der Waals surface area contributed by atoms with Crippen LogP contribution in [0.4, 0.5) is 5.82 Å². The summed E-state index contributed by atoms with van der Waals surface area (Å²) in [6.07, 6.45) is 4.08. The lowest BCUT2D eigenvalue weighted by molar-refractivity contribution is 0.415. The van der Waals surface area contributed by atoms with Crippen LogP contribution in [0.5, 0.6) is 5.75 Å². The molecular weight excluding hydrogens is 260 g/mol. The Morgan fingerprint density at radius 2 is 2.26 bits per heavy atom. The van der Waals surface area contributed by atoms with Crippen LogP contribution in [0.25, 0.3) is 10.8 Å². The predicted octanol–water partition coefficient (Wildman–Crippen LogP) is 3.45. The number of anilines is 1. The van der Waals surface area contributed by atoms with E-state index in [1.165, 1.54) is 0 Å². The molecule has 0 bridgehead atoms. The van der Waals surface area contributed by atoms with Crippen LogP contribution in [-0.2, 0) is 0 Å². The first kappa shape index (κ1) is 12.5. The molecule has 100 valence electrons. The minimum Gasteiger partial charge on any atom is -0.497 e. The molecule has 1 unspecified atom stereocenters. The van der Waals surface area contributed by atoms with Gasteiger partial charge in [0.15, 0.2) is 0 Å². The highest BCUT2D eigenvalue weighted by Crippen LogP contribution is 2.30. The molecule has 0 saturated carbocycles. The second kappa shape index (κ2) is 5.25. The van der Waals surface area contributed by atoms with Gasteiger partial charge in [0, 0.05) is 24.7 Å². The molecule has 1 aliphatic heterocycles. The Morgan fingerprint density at radius 3 is 3.05 bits per heavy atom. The van der Waals surface area contributed by atoms with E-state index < -0.39 is 0 Å². The van der Waals surface area contributed by atoms with Gasteiger partial charge in [-0.25, -0.2) is 4.98 Å². The molecule has 2 aromatic rings. The molecule has 1 aromatic carbocycles. The fourth-order valence-electron chi connectivity index (χ4n) is 2.64. The van der Waals surface area contributed by atoms with Gasteiger partial charge in [-0.2, -0.15) is 0 Å². The SMILES string of the molecule is COc1ccc2c(N3CCCC(Cl)C3)nccc2c1. The van der Waals surface area contributed by atoms with Crippen molar-refractivity contribution in [2.24, 2.45) is 0 Å². The minimum atomic E-state index is 0.226. The van der Waals surface area contributed by atoms with Crippen LogP contribution in [-0.4, -0.2) is 30.6 Å². The second-order valence-corrected chi connectivity index (χ2v) is 5.52. The highest BCUT2D eigenvalue weighted by atomic mass is 35.5. The summed E-state index contributed by atoms with van der Waals surface area (Å²) in [4.78, 5) is 6.83. The molecule has 4 heteroatoms. The molecule has 3 rings (SSSR count).